The Hall–Kier alpha value is -1.84. The lowest BCUT2D eigenvalue weighted by molar-refractivity contribution is -0.115. The van der Waals surface area contributed by atoms with Crippen LogP contribution in [-0.2, 0) is 4.79 Å². The average Bonchev–Trinajstić information content (AvgIpc) is 2.29. The molecule has 0 radical (unpaired) electrons. The summed E-state index contributed by atoms with van der Waals surface area (Å²) in [5.41, 5.74) is 2.78. The van der Waals surface area contributed by atoms with E-state index in [2.05, 4.69) is 15.6 Å². The zero-order chi connectivity index (χ0) is 10.7. The fourth-order valence-electron chi connectivity index (χ4n) is 1.47. The normalized spacial score (nSPS) is 12.9. The van der Waals surface area contributed by atoms with Crippen molar-refractivity contribution < 1.29 is 4.79 Å². The molecule has 0 spiro atoms. The first-order chi connectivity index (χ1) is 7.31. The van der Waals surface area contributed by atoms with E-state index in [0.717, 1.165) is 16.9 Å². The summed E-state index contributed by atoms with van der Waals surface area (Å²) in [6.45, 7) is 2.43. The van der Waals surface area contributed by atoms with Gasteiger partial charge in [0.15, 0.2) is 0 Å². The largest absolute Gasteiger partial charge is 0.366 e. The van der Waals surface area contributed by atoms with Gasteiger partial charge in [-0.1, -0.05) is 13.0 Å². The van der Waals surface area contributed by atoms with Crippen LogP contribution in [0.4, 0.5) is 11.4 Å². The Balaban J connectivity index is 2.32. The van der Waals surface area contributed by atoms with Crippen molar-refractivity contribution >= 4 is 23.5 Å². The molecule has 1 aliphatic heterocycles. The highest BCUT2D eigenvalue weighted by molar-refractivity contribution is 6.01. The van der Waals surface area contributed by atoms with Crippen molar-refractivity contribution in [2.75, 3.05) is 17.3 Å². The lowest BCUT2D eigenvalue weighted by atomic mass is 10.1. The Morgan fingerprint density at radius 1 is 1.60 bits per heavy atom. The van der Waals surface area contributed by atoms with Crippen LogP contribution in [-0.4, -0.2) is 18.8 Å². The maximum atomic E-state index is 11.3. The number of hydrogen-bond donors (Lipinski definition) is 2. The van der Waals surface area contributed by atoms with Gasteiger partial charge < -0.3 is 10.6 Å². The van der Waals surface area contributed by atoms with Crippen LogP contribution < -0.4 is 10.6 Å². The summed E-state index contributed by atoms with van der Waals surface area (Å²) >= 11 is 0. The number of amides is 1. The fraction of sp³-hybridized carbons (Fsp3) is 0.273. The van der Waals surface area contributed by atoms with Gasteiger partial charge in [-0.3, -0.25) is 9.79 Å². The molecule has 1 heterocycles. The summed E-state index contributed by atoms with van der Waals surface area (Å²) < 4.78 is 0. The number of carbonyl (C=O) groups excluding carboxylic acids is 1. The molecule has 2 rings (SSSR count). The number of aliphatic imine (C=N–C) groups is 1. The highest BCUT2D eigenvalue weighted by atomic mass is 16.1. The monoisotopic (exact) mass is 203 g/mol. The van der Waals surface area contributed by atoms with Crippen LogP contribution in [0.2, 0.25) is 0 Å². The summed E-state index contributed by atoms with van der Waals surface area (Å²) in [4.78, 5) is 15.4. The Labute approximate surface area is 88.4 Å². The first kappa shape index (κ1) is 9.71. The smallest absolute Gasteiger partial charge is 0.224 e. The highest BCUT2D eigenvalue weighted by Crippen LogP contribution is 2.24. The SMILES string of the molecule is CCC(=O)Nc1cccc2c1C=NCN2. The second-order valence-electron chi connectivity index (χ2n) is 3.32. The minimum Gasteiger partial charge on any atom is -0.366 e. The van der Waals surface area contributed by atoms with Gasteiger partial charge >= 0.3 is 0 Å². The van der Waals surface area contributed by atoms with Gasteiger partial charge in [0, 0.05) is 23.9 Å². The quantitative estimate of drug-likeness (QED) is 0.770. The maximum Gasteiger partial charge on any atom is 0.224 e. The second-order valence-corrected chi connectivity index (χ2v) is 3.32. The van der Waals surface area contributed by atoms with Crippen molar-refractivity contribution in [3.05, 3.63) is 23.8 Å². The van der Waals surface area contributed by atoms with Crippen LogP contribution in [0.5, 0.6) is 0 Å². The summed E-state index contributed by atoms with van der Waals surface area (Å²) in [6, 6.07) is 5.77. The van der Waals surface area contributed by atoms with E-state index >= 15 is 0 Å². The second kappa shape index (κ2) is 4.13. The topological polar surface area (TPSA) is 53.5 Å². The van der Waals surface area contributed by atoms with Gasteiger partial charge in [-0.25, -0.2) is 0 Å². The first-order valence-corrected chi connectivity index (χ1v) is 4.98. The number of fused-ring (bicyclic) bond motifs is 1. The predicted octanol–water partition coefficient (Wildman–Crippen LogP) is 1.84. The van der Waals surface area contributed by atoms with Crippen LogP contribution >= 0.6 is 0 Å². The Kier molecular flexibility index (Phi) is 2.67. The van der Waals surface area contributed by atoms with Crippen LogP contribution in [0, 0.1) is 0 Å². The van der Waals surface area contributed by atoms with Gasteiger partial charge in [0.25, 0.3) is 0 Å². The number of anilines is 2. The van der Waals surface area contributed by atoms with E-state index < -0.39 is 0 Å². The predicted molar refractivity (Wildman–Crippen MR) is 61.4 cm³/mol. The molecule has 2 N–H and O–H groups in total. The van der Waals surface area contributed by atoms with Crippen LogP contribution in [0.1, 0.15) is 18.9 Å². The van der Waals surface area contributed by atoms with E-state index in [-0.39, 0.29) is 5.91 Å². The Morgan fingerprint density at radius 2 is 2.47 bits per heavy atom. The Bertz CT molecular complexity index is 412. The number of nitrogens with zero attached hydrogens (tertiary/aromatic N) is 1. The van der Waals surface area contributed by atoms with E-state index in [4.69, 9.17) is 0 Å². The Morgan fingerprint density at radius 3 is 3.27 bits per heavy atom. The standard InChI is InChI=1S/C11H13N3O/c1-2-11(15)14-10-5-3-4-9-8(10)6-12-7-13-9/h3-6,13H,2,7H2,1H3,(H,14,15). The summed E-state index contributed by atoms with van der Waals surface area (Å²) in [5.74, 6) is 0.0161. The molecule has 0 atom stereocenters. The van der Waals surface area contributed by atoms with Crippen LogP contribution in [0.25, 0.3) is 0 Å². The van der Waals surface area contributed by atoms with Crippen LogP contribution in [0.3, 0.4) is 0 Å². The molecule has 0 fully saturated rings. The summed E-state index contributed by atoms with van der Waals surface area (Å²) in [7, 11) is 0. The molecule has 0 bridgehead atoms. The zero-order valence-corrected chi connectivity index (χ0v) is 8.58. The molecule has 1 aliphatic rings. The van der Waals surface area contributed by atoms with Gasteiger partial charge in [0.05, 0.1) is 5.69 Å². The molecule has 0 unspecified atom stereocenters. The summed E-state index contributed by atoms with van der Waals surface area (Å²) in [5, 5.41) is 5.99. The summed E-state index contributed by atoms with van der Waals surface area (Å²) in [6.07, 6.45) is 2.27. The molecule has 0 aliphatic carbocycles. The van der Waals surface area contributed by atoms with E-state index in [9.17, 15) is 4.79 Å². The third-order valence-corrected chi connectivity index (χ3v) is 2.28. The van der Waals surface area contributed by atoms with E-state index in [0.29, 0.717) is 13.1 Å². The highest BCUT2D eigenvalue weighted by Gasteiger charge is 2.10. The molecular formula is C11H13N3O. The minimum atomic E-state index is 0.0161. The van der Waals surface area contributed by atoms with Crippen molar-refractivity contribution in [1.29, 1.82) is 0 Å². The molecule has 0 aromatic heterocycles. The third-order valence-electron chi connectivity index (χ3n) is 2.28. The van der Waals surface area contributed by atoms with Gasteiger partial charge in [-0.15, -0.1) is 0 Å². The number of carbonyl (C=O) groups is 1. The molecule has 4 heteroatoms. The number of nitrogens with one attached hydrogen (secondary N) is 2. The van der Waals surface area contributed by atoms with Crippen molar-refractivity contribution in [1.82, 2.24) is 0 Å². The zero-order valence-electron chi connectivity index (χ0n) is 8.58. The molecule has 0 saturated carbocycles. The molecule has 1 aromatic carbocycles. The van der Waals surface area contributed by atoms with Gasteiger partial charge in [0.1, 0.15) is 6.67 Å². The number of hydrogen-bond acceptors (Lipinski definition) is 3. The molecule has 78 valence electrons. The van der Waals surface area contributed by atoms with E-state index in [1.165, 1.54) is 0 Å². The average molecular weight is 203 g/mol. The van der Waals surface area contributed by atoms with Crippen molar-refractivity contribution in [2.24, 2.45) is 4.99 Å². The van der Waals surface area contributed by atoms with Crippen molar-refractivity contribution in [2.45, 2.75) is 13.3 Å². The molecular weight excluding hydrogens is 190 g/mol. The van der Waals surface area contributed by atoms with Crippen LogP contribution in [0.15, 0.2) is 23.2 Å². The van der Waals surface area contributed by atoms with E-state index in [1.54, 1.807) is 6.21 Å². The number of benzene rings is 1. The molecule has 15 heavy (non-hydrogen) atoms. The molecule has 4 nitrogen and oxygen atoms in total. The van der Waals surface area contributed by atoms with E-state index in [1.807, 2.05) is 25.1 Å². The van der Waals surface area contributed by atoms with Crippen molar-refractivity contribution in [3.8, 4) is 0 Å². The number of rotatable bonds is 2. The van der Waals surface area contributed by atoms with Crippen molar-refractivity contribution in [3.63, 3.8) is 0 Å². The first-order valence-electron chi connectivity index (χ1n) is 4.98. The van der Waals surface area contributed by atoms with Gasteiger partial charge in [-0.2, -0.15) is 0 Å². The lowest BCUT2D eigenvalue weighted by Crippen LogP contribution is -2.14. The maximum absolute atomic E-state index is 11.3. The lowest BCUT2D eigenvalue weighted by Gasteiger charge is -2.16. The molecule has 1 aromatic rings. The van der Waals surface area contributed by atoms with Gasteiger partial charge in [0.2, 0.25) is 5.91 Å². The van der Waals surface area contributed by atoms with Gasteiger partial charge in [-0.05, 0) is 12.1 Å². The fourth-order valence-corrected chi connectivity index (χ4v) is 1.47. The third kappa shape index (κ3) is 1.98. The minimum absolute atomic E-state index is 0.0161. The molecule has 1 amide bonds. The molecule has 0 saturated heterocycles.